The fraction of sp³-hybridized carbons (Fsp3) is 0.190. The molecule has 1 aliphatic rings. The molecule has 29 heavy (non-hydrogen) atoms. The summed E-state index contributed by atoms with van der Waals surface area (Å²) in [7, 11) is 1.76. The summed E-state index contributed by atoms with van der Waals surface area (Å²) in [6.45, 7) is 3.79. The lowest BCUT2D eigenvalue weighted by molar-refractivity contribution is -0.121. The zero-order valence-corrected chi connectivity index (χ0v) is 17.5. The summed E-state index contributed by atoms with van der Waals surface area (Å²) in [4.78, 5) is 31.0. The van der Waals surface area contributed by atoms with E-state index in [0.29, 0.717) is 10.8 Å². The number of anilines is 2. The smallest absolute Gasteiger partial charge is 0.261 e. The Balaban J connectivity index is 1.62. The molecule has 0 saturated carbocycles. The van der Waals surface area contributed by atoms with Gasteiger partial charge in [0.05, 0.1) is 21.7 Å². The van der Waals surface area contributed by atoms with Gasteiger partial charge in [0.1, 0.15) is 5.82 Å². The second-order valence-corrected chi connectivity index (χ2v) is 8.58. The Morgan fingerprint density at radius 1 is 1.28 bits per heavy atom. The van der Waals surface area contributed by atoms with Crippen LogP contribution in [-0.4, -0.2) is 23.8 Å². The van der Waals surface area contributed by atoms with Gasteiger partial charge in [-0.25, -0.2) is 9.37 Å². The van der Waals surface area contributed by atoms with Crippen molar-refractivity contribution in [2.24, 2.45) is 0 Å². The topological polar surface area (TPSA) is 62.3 Å². The van der Waals surface area contributed by atoms with Crippen LogP contribution < -0.4 is 10.2 Å². The number of hydrogen-bond acceptors (Lipinski definition) is 4. The maximum atomic E-state index is 13.9. The molecule has 4 rings (SSSR count). The molecule has 1 aromatic heterocycles. The van der Waals surface area contributed by atoms with Crippen LogP contribution in [0.25, 0.3) is 11.3 Å². The van der Waals surface area contributed by atoms with Gasteiger partial charge in [-0.15, -0.1) is 11.3 Å². The summed E-state index contributed by atoms with van der Waals surface area (Å²) in [6.07, 6.45) is 0. The predicted molar refractivity (Wildman–Crippen MR) is 113 cm³/mol. The first-order valence-corrected chi connectivity index (χ1v) is 10.1. The molecule has 3 aromatic rings. The number of hydrogen-bond donors (Lipinski definition) is 1. The lowest BCUT2D eigenvalue weighted by Crippen LogP contribution is -2.33. The molecule has 148 valence electrons. The van der Waals surface area contributed by atoms with Crippen molar-refractivity contribution in [3.8, 4) is 11.3 Å². The van der Waals surface area contributed by atoms with Crippen molar-refractivity contribution in [3.05, 3.63) is 63.7 Å². The van der Waals surface area contributed by atoms with Crippen LogP contribution in [0.5, 0.6) is 0 Å². The first-order chi connectivity index (χ1) is 13.7. The highest BCUT2D eigenvalue weighted by molar-refractivity contribution is 7.14. The van der Waals surface area contributed by atoms with Gasteiger partial charge >= 0.3 is 0 Å². The number of aromatic nitrogens is 1. The molecule has 0 aliphatic carbocycles. The number of rotatable bonds is 3. The van der Waals surface area contributed by atoms with Crippen LogP contribution in [0, 0.1) is 5.82 Å². The van der Waals surface area contributed by atoms with E-state index in [4.69, 9.17) is 11.6 Å². The van der Waals surface area contributed by atoms with E-state index in [1.54, 1.807) is 17.3 Å². The Morgan fingerprint density at radius 2 is 2.03 bits per heavy atom. The number of likely N-dealkylation sites (N-methyl/N-ethyl adjacent to an activating group) is 1. The highest BCUT2D eigenvalue weighted by Crippen LogP contribution is 2.42. The molecular weight excluding hydrogens is 413 g/mol. The van der Waals surface area contributed by atoms with Crippen LogP contribution in [0.2, 0.25) is 5.02 Å². The largest absolute Gasteiger partial charge is 0.314 e. The Kier molecular flexibility index (Phi) is 4.67. The number of carbonyl (C=O) groups is 2. The third-order valence-corrected chi connectivity index (χ3v) is 6.15. The van der Waals surface area contributed by atoms with Gasteiger partial charge < -0.3 is 4.90 Å². The minimum Gasteiger partial charge on any atom is -0.314 e. The van der Waals surface area contributed by atoms with Crippen molar-refractivity contribution in [2.45, 2.75) is 19.3 Å². The Labute approximate surface area is 176 Å². The number of nitrogens with zero attached hydrogens (tertiary/aromatic N) is 2. The van der Waals surface area contributed by atoms with E-state index in [1.165, 1.54) is 29.5 Å². The number of halogens is 2. The van der Waals surface area contributed by atoms with Gasteiger partial charge in [-0.2, -0.15) is 0 Å². The Morgan fingerprint density at radius 3 is 2.76 bits per heavy atom. The van der Waals surface area contributed by atoms with E-state index in [1.807, 2.05) is 32.0 Å². The summed E-state index contributed by atoms with van der Waals surface area (Å²) < 4.78 is 13.9. The van der Waals surface area contributed by atoms with E-state index < -0.39 is 17.1 Å². The van der Waals surface area contributed by atoms with Crippen LogP contribution in [0.4, 0.5) is 15.2 Å². The minimum absolute atomic E-state index is 0.0360. The molecule has 0 unspecified atom stereocenters. The molecule has 2 aromatic carbocycles. The minimum atomic E-state index is -0.693. The molecule has 1 aliphatic heterocycles. The van der Waals surface area contributed by atoms with Gasteiger partial charge in [0, 0.05) is 23.7 Å². The van der Waals surface area contributed by atoms with Crippen molar-refractivity contribution >= 4 is 45.6 Å². The van der Waals surface area contributed by atoms with Crippen LogP contribution >= 0.6 is 22.9 Å². The predicted octanol–water partition coefficient (Wildman–Crippen LogP) is 5.11. The van der Waals surface area contributed by atoms with Crippen molar-refractivity contribution < 1.29 is 14.0 Å². The third-order valence-electron chi connectivity index (χ3n) is 5.08. The number of nitrogens with one attached hydrogen (secondary N) is 1. The van der Waals surface area contributed by atoms with Gasteiger partial charge in [-0.1, -0.05) is 23.7 Å². The highest BCUT2D eigenvalue weighted by Gasteiger charge is 2.42. The van der Waals surface area contributed by atoms with Gasteiger partial charge in [0.2, 0.25) is 5.91 Å². The van der Waals surface area contributed by atoms with E-state index in [-0.39, 0.29) is 16.5 Å². The monoisotopic (exact) mass is 429 g/mol. The fourth-order valence-electron chi connectivity index (χ4n) is 3.47. The van der Waals surface area contributed by atoms with Crippen LogP contribution in [0.3, 0.4) is 0 Å². The zero-order valence-electron chi connectivity index (χ0n) is 15.9. The number of thiazole rings is 1. The molecule has 2 heterocycles. The summed E-state index contributed by atoms with van der Waals surface area (Å²) in [5.74, 6) is -1.31. The molecular formula is C21H17ClFN3O2S. The van der Waals surface area contributed by atoms with Crippen molar-refractivity contribution in [2.75, 3.05) is 17.3 Å². The maximum absolute atomic E-state index is 13.9. The Hall–Kier alpha value is -2.77. The second kappa shape index (κ2) is 6.93. The normalized spacial score (nSPS) is 14.8. The van der Waals surface area contributed by atoms with Gasteiger partial charge in [0.25, 0.3) is 5.91 Å². The van der Waals surface area contributed by atoms with Crippen molar-refractivity contribution in [1.82, 2.24) is 4.98 Å². The van der Waals surface area contributed by atoms with Gasteiger partial charge in [-0.3, -0.25) is 14.9 Å². The summed E-state index contributed by atoms with van der Waals surface area (Å²) in [5, 5.41) is 4.76. The van der Waals surface area contributed by atoms with Crippen LogP contribution in [0.1, 0.15) is 29.8 Å². The molecule has 0 fully saturated rings. The van der Waals surface area contributed by atoms with Crippen LogP contribution in [-0.2, 0) is 10.2 Å². The average molecular weight is 430 g/mol. The molecule has 0 saturated heterocycles. The third kappa shape index (κ3) is 3.20. The molecule has 8 heteroatoms. The number of fused-ring (bicyclic) bond motifs is 1. The first-order valence-electron chi connectivity index (χ1n) is 8.84. The summed E-state index contributed by atoms with van der Waals surface area (Å²) in [6, 6.07) is 9.81. The van der Waals surface area contributed by atoms with Crippen molar-refractivity contribution in [3.63, 3.8) is 0 Å². The molecule has 5 nitrogen and oxygen atoms in total. The van der Waals surface area contributed by atoms with E-state index in [2.05, 4.69) is 10.3 Å². The molecule has 0 bridgehead atoms. The number of amides is 2. The molecule has 0 atom stereocenters. The van der Waals surface area contributed by atoms with E-state index in [0.717, 1.165) is 16.8 Å². The fourth-order valence-corrected chi connectivity index (χ4v) is 4.43. The van der Waals surface area contributed by atoms with Crippen molar-refractivity contribution in [1.29, 1.82) is 0 Å². The lowest BCUT2D eigenvalue weighted by atomic mass is 9.85. The van der Waals surface area contributed by atoms with E-state index in [9.17, 15) is 14.0 Å². The number of benzene rings is 2. The zero-order chi connectivity index (χ0) is 20.9. The Bertz CT molecular complexity index is 1140. The lowest BCUT2D eigenvalue weighted by Gasteiger charge is -2.16. The number of carbonyl (C=O) groups excluding carboxylic acids is 2. The maximum Gasteiger partial charge on any atom is 0.261 e. The van der Waals surface area contributed by atoms with Gasteiger partial charge in [-0.05, 0) is 43.7 Å². The van der Waals surface area contributed by atoms with Gasteiger partial charge in [0.15, 0.2) is 5.13 Å². The highest BCUT2D eigenvalue weighted by atomic mass is 35.5. The molecule has 1 N–H and O–H groups in total. The second-order valence-electron chi connectivity index (χ2n) is 7.31. The molecule has 2 amide bonds. The summed E-state index contributed by atoms with van der Waals surface area (Å²) in [5.41, 5.74) is 2.47. The molecule has 0 spiro atoms. The average Bonchev–Trinajstić information content (AvgIpc) is 3.20. The van der Waals surface area contributed by atoms with E-state index >= 15 is 0 Å². The quantitative estimate of drug-likeness (QED) is 0.629. The standard InChI is InChI=1S/C21H17ClFN3O2S/c1-21(2)12-9-11(7-8-16(12)26(3)19(21)28)15-10-29-20(24-15)25-18(27)17-13(22)5-4-6-14(17)23/h4-10H,1-3H3,(H,24,25,27). The van der Waals surface area contributed by atoms with Crippen LogP contribution in [0.15, 0.2) is 41.8 Å². The first kappa shape index (κ1) is 19.5. The SMILES string of the molecule is CN1C(=O)C(C)(C)c2cc(-c3csc(NC(=O)c4c(F)cccc4Cl)n3)ccc21. The summed E-state index contributed by atoms with van der Waals surface area (Å²) >= 11 is 7.17. The molecule has 0 radical (unpaired) electrons.